The van der Waals surface area contributed by atoms with Crippen molar-refractivity contribution < 1.29 is 18.6 Å². The monoisotopic (exact) mass is 348 g/mol. The average Bonchev–Trinajstić information content (AvgIpc) is 2.56. The number of phenolic OH excluding ortho intramolecular Hbond substituents is 2. The highest BCUT2D eigenvalue weighted by atomic mass is 32.2. The summed E-state index contributed by atoms with van der Waals surface area (Å²) in [6.07, 6.45) is 4.32. The maximum absolute atomic E-state index is 12.2. The van der Waals surface area contributed by atoms with Gasteiger partial charge in [-0.05, 0) is 54.3 Å². The molecule has 0 aliphatic rings. The summed E-state index contributed by atoms with van der Waals surface area (Å²) >= 11 is 0. The number of phenols is 2. The molecule has 2 aromatic rings. The van der Waals surface area contributed by atoms with Gasteiger partial charge in [-0.3, -0.25) is 0 Å². The third-order valence-electron chi connectivity index (χ3n) is 3.44. The molecular weight excluding hydrogens is 328 g/mol. The molecule has 6 nitrogen and oxygen atoms in total. The Labute approximate surface area is 141 Å². The van der Waals surface area contributed by atoms with E-state index >= 15 is 0 Å². The largest absolute Gasteiger partial charge is 0.504 e. The van der Waals surface area contributed by atoms with Crippen molar-refractivity contribution in [3.05, 3.63) is 53.6 Å². The zero-order valence-electron chi connectivity index (χ0n) is 13.3. The summed E-state index contributed by atoms with van der Waals surface area (Å²) in [5.74, 6) is -0.555. The number of unbranched alkanes of at least 4 members (excludes halogenated alkanes) is 1. The molecule has 0 spiro atoms. The lowest BCUT2D eigenvalue weighted by atomic mass is 10.1. The highest BCUT2D eigenvalue weighted by molar-refractivity contribution is 7.89. The van der Waals surface area contributed by atoms with Gasteiger partial charge < -0.3 is 10.2 Å². The van der Waals surface area contributed by atoms with Gasteiger partial charge in [-0.2, -0.15) is 13.5 Å². The van der Waals surface area contributed by atoms with Crippen molar-refractivity contribution in [2.75, 3.05) is 0 Å². The minimum absolute atomic E-state index is 0.133. The Morgan fingerprint density at radius 2 is 1.79 bits per heavy atom. The van der Waals surface area contributed by atoms with E-state index in [2.05, 4.69) is 16.9 Å². The molecule has 0 atom stereocenters. The predicted molar refractivity (Wildman–Crippen MR) is 92.7 cm³/mol. The van der Waals surface area contributed by atoms with Crippen LogP contribution < -0.4 is 4.83 Å². The summed E-state index contributed by atoms with van der Waals surface area (Å²) in [4.78, 5) is 2.25. The summed E-state index contributed by atoms with van der Waals surface area (Å²) in [6, 6.07) is 10.8. The smallest absolute Gasteiger partial charge is 0.276 e. The Kier molecular flexibility index (Phi) is 5.81. The number of hydrogen-bond donors (Lipinski definition) is 3. The number of aryl methyl sites for hydroxylation is 1. The summed E-state index contributed by atoms with van der Waals surface area (Å²) in [5.41, 5.74) is 1.54. The number of aromatic hydroxyl groups is 2. The van der Waals surface area contributed by atoms with Crippen LogP contribution in [0.4, 0.5) is 0 Å². The Bertz CT molecular complexity index is 815. The summed E-state index contributed by atoms with van der Waals surface area (Å²) in [6.45, 7) is 2.11. The molecule has 0 aromatic heterocycles. The molecule has 0 heterocycles. The molecule has 3 N–H and O–H groups in total. The van der Waals surface area contributed by atoms with Gasteiger partial charge in [-0.25, -0.2) is 4.83 Å². The van der Waals surface area contributed by atoms with Crippen LogP contribution in [0.5, 0.6) is 11.5 Å². The van der Waals surface area contributed by atoms with E-state index in [1.807, 2.05) is 0 Å². The van der Waals surface area contributed by atoms with Gasteiger partial charge in [0.2, 0.25) is 0 Å². The first-order valence-electron chi connectivity index (χ1n) is 7.58. The second-order valence-corrected chi connectivity index (χ2v) is 7.01. The molecule has 0 unspecified atom stereocenters. The fraction of sp³-hybridized carbons (Fsp3) is 0.235. The van der Waals surface area contributed by atoms with Crippen molar-refractivity contribution in [1.82, 2.24) is 4.83 Å². The van der Waals surface area contributed by atoms with Crippen molar-refractivity contribution in [3.8, 4) is 11.5 Å². The minimum Gasteiger partial charge on any atom is -0.504 e. The summed E-state index contributed by atoms with van der Waals surface area (Å²) in [7, 11) is -3.75. The first kappa shape index (κ1) is 17.8. The van der Waals surface area contributed by atoms with E-state index in [0.29, 0.717) is 5.56 Å². The summed E-state index contributed by atoms with van der Waals surface area (Å²) < 4.78 is 24.3. The molecule has 24 heavy (non-hydrogen) atoms. The fourth-order valence-corrected chi connectivity index (χ4v) is 2.85. The van der Waals surface area contributed by atoms with Gasteiger partial charge in [0.25, 0.3) is 10.0 Å². The van der Waals surface area contributed by atoms with E-state index in [9.17, 15) is 18.6 Å². The highest BCUT2D eigenvalue weighted by Gasteiger charge is 2.12. The van der Waals surface area contributed by atoms with Crippen LogP contribution in [0.3, 0.4) is 0 Å². The van der Waals surface area contributed by atoms with Gasteiger partial charge in [0.15, 0.2) is 11.5 Å². The zero-order valence-corrected chi connectivity index (χ0v) is 14.1. The van der Waals surface area contributed by atoms with E-state index in [4.69, 9.17) is 0 Å². The molecule has 7 heteroatoms. The molecule has 0 bridgehead atoms. The molecule has 0 aliphatic carbocycles. The van der Waals surface area contributed by atoms with Gasteiger partial charge in [0, 0.05) is 0 Å². The molecule has 0 saturated heterocycles. The lowest BCUT2D eigenvalue weighted by Crippen LogP contribution is -2.18. The zero-order chi connectivity index (χ0) is 17.6. The van der Waals surface area contributed by atoms with Crippen LogP contribution in [0.25, 0.3) is 0 Å². The maximum Gasteiger partial charge on any atom is 0.276 e. The second-order valence-electron chi connectivity index (χ2n) is 5.35. The molecule has 0 saturated carbocycles. The van der Waals surface area contributed by atoms with E-state index < -0.39 is 10.0 Å². The average molecular weight is 348 g/mol. The van der Waals surface area contributed by atoms with Crippen molar-refractivity contribution in [2.24, 2.45) is 5.10 Å². The van der Waals surface area contributed by atoms with Crippen LogP contribution in [-0.2, 0) is 16.4 Å². The normalized spacial score (nSPS) is 11.7. The molecular formula is C17H20N2O4S. The van der Waals surface area contributed by atoms with Crippen molar-refractivity contribution in [2.45, 2.75) is 31.1 Å². The van der Waals surface area contributed by atoms with Gasteiger partial charge in [-0.1, -0.05) is 25.5 Å². The molecule has 0 radical (unpaired) electrons. The summed E-state index contributed by atoms with van der Waals surface area (Å²) in [5, 5.41) is 22.3. The number of rotatable bonds is 7. The van der Waals surface area contributed by atoms with Crippen LogP contribution in [0.15, 0.2) is 52.5 Å². The van der Waals surface area contributed by atoms with Crippen LogP contribution in [0.2, 0.25) is 0 Å². The Hall–Kier alpha value is -2.54. The molecule has 0 aliphatic heterocycles. The van der Waals surface area contributed by atoms with Crippen molar-refractivity contribution in [3.63, 3.8) is 0 Å². The fourth-order valence-electron chi connectivity index (χ4n) is 2.06. The predicted octanol–water partition coefficient (Wildman–Crippen LogP) is 2.75. The van der Waals surface area contributed by atoms with E-state index in [1.165, 1.54) is 24.4 Å². The van der Waals surface area contributed by atoms with Gasteiger partial charge in [-0.15, -0.1) is 0 Å². The number of hydrazone groups is 1. The van der Waals surface area contributed by atoms with E-state index in [1.54, 1.807) is 24.3 Å². The van der Waals surface area contributed by atoms with Crippen LogP contribution in [-0.4, -0.2) is 24.8 Å². The Morgan fingerprint density at radius 3 is 2.42 bits per heavy atom. The first-order chi connectivity index (χ1) is 11.4. The Balaban J connectivity index is 2.04. The van der Waals surface area contributed by atoms with Crippen molar-refractivity contribution >= 4 is 16.2 Å². The molecule has 2 rings (SSSR count). The van der Waals surface area contributed by atoms with Gasteiger partial charge in [0.1, 0.15) is 0 Å². The number of hydrogen-bond acceptors (Lipinski definition) is 5. The first-order valence-corrected chi connectivity index (χ1v) is 9.06. The van der Waals surface area contributed by atoms with E-state index in [-0.39, 0.29) is 16.4 Å². The number of nitrogens with zero attached hydrogens (tertiary/aromatic N) is 1. The minimum atomic E-state index is -3.75. The molecule has 0 fully saturated rings. The second kappa shape index (κ2) is 7.83. The van der Waals surface area contributed by atoms with Gasteiger partial charge >= 0.3 is 0 Å². The third-order valence-corrected chi connectivity index (χ3v) is 4.68. The number of benzene rings is 2. The van der Waals surface area contributed by atoms with E-state index in [0.717, 1.165) is 24.8 Å². The molecule has 2 aromatic carbocycles. The lowest BCUT2D eigenvalue weighted by molar-refractivity contribution is 0.403. The van der Waals surface area contributed by atoms with Gasteiger partial charge in [0.05, 0.1) is 11.1 Å². The maximum atomic E-state index is 12.2. The standard InChI is InChI=1S/C17H20N2O4S/c1-2-3-4-13-5-8-15(9-6-13)24(22,23)19-18-12-14-7-10-16(20)17(21)11-14/h5-12,19-21H,2-4H2,1H3. The number of nitrogens with one attached hydrogen (secondary N) is 1. The van der Waals surface area contributed by atoms with Crippen LogP contribution >= 0.6 is 0 Å². The highest BCUT2D eigenvalue weighted by Crippen LogP contribution is 2.24. The van der Waals surface area contributed by atoms with Crippen molar-refractivity contribution in [1.29, 1.82) is 0 Å². The SMILES string of the molecule is CCCCc1ccc(S(=O)(=O)NN=Cc2ccc(O)c(O)c2)cc1. The molecule has 128 valence electrons. The van der Waals surface area contributed by atoms with Crippen LogP contribution in [0, 0.1) is 0 Å². The lowest BCUT2D eigenvalue weighted by Gasteiger charge is -2.05. The number of sulfonamides is 1. The molecule has 0 amide bonds. The van der Waals surface area contributed by atoms with Crippen LogP contribution in [0.1, 0.15) is 30.9 Å². The third kappa shape index (κ3) is 4.73. The Morgan fingerprint density at radius 1 is 1.08 bits per heavy atom. The quantitative estimate of drug-likeness (QED) is 0.407. The topological polar surface area (TPSA) is 99.0 Å².